The van der Waals surface area contributed by atoms with E-state index in [1.165, 1.54) is 29.2 Å². The number of fused-ring (bicyclic) bond motifs is 10. The maximum atomic E-state index is 15.3. The summed E-state index contributed by atoms with van der Waals surface area (Å²) in [5.74, 6) is -1.84. The van der Waals surface area contributed by atoms with Gasteiger partial charge in [0.25, 0.3) is 5.91 Å². The molecule has 0 radical (unpaired) electrons. The van der Waals surface area contributed by atoms with Crippen molar-refractivity contribution in [2.45, 2.75) is 129 Å². The third kappa shape index (κ3) is 7.97. The van der Waals surface area contributed by atoms with Crippen LogP contribution >= 0.6 is 0 Å². The normalized spacial score (nSPS) is 28.8. The van der Waals surface area contributed by atoms with Gasteiger partial charge in [-0.2, -0.15) is 0 Å². The van der Waals surface area contributed by atoms with E-state index in [-0.39, 0.29) is 37.6 Å². The highest BCUT2D eigenvalue weighted by Gasteiger charge is 2.76. The van der Waals surface area contributed by atoms with Crippen molar-refractivity contribution < 1.29 is 47.2 Å². The zero-order valence-corrected chi connectivity index (χ0v) is 37.3. The summed E-state index contributed by atoms with van der Waals surface area (Å²) in [4.78, 5) is 45.2. The molecule has 0 spiro atoms. The minimum absolute atomic E-state index is 0.0843. The Morgan fingerprint density at radius 3 is 2.19 bits per heavy atom. The number of hydrogen-bond acceptors (Lipinski definition) is 7. The lowest BCUT2D eigenvalue weighted by atomic mass is 9.64. The van der Waals surface area contributed by atoms with Crippen LogP contribution in [0.1, 0.15) is 125 Å². The second-order valence-electron chi connectivity index (χ2n) is 19.7. The summed E-state index contributed by atoms with van der Waals surface area (Å²) in [6.45, 7) is 9.39. The van der Waals surface area contributed by atoms with Crippen LogP contribution in [0, 0.1) is 16.2 Å². The number of ether oxygens (including phenoxy) is 2. The summed E-state index contributed by atoms with van der Waals surface area (Å²) < 4.78 is 49.6. The summed E-state index contributed by atoms with van der Waals surface area (Å²) in [6, 6.07) is 28.6. The fourth-order valence-corrected chi connectivity index (χ4v) is 11.3. The average Bonchev–Trinajstić information content (AvgIpc) is 3.69. The van der Waals surface area contributed by atoms with Crippen molar-refractivity contribution in [3.8, 4) is 16.9 Å². The summed E-state index contributed by atoms with van der Waals surface area (Å²) in [7, 11) is 0. The Kier molecular flexibility index (Phi) is 11.8. The highest BCUT2D eigenvalue weighted by Crippen LogP contribution is 2.66. The largest absolute Gasteiger partial charge is 0.573 e. The number of halogens is 3. The Morgan fingerprint density at radius 2 is 1.55 bits per heavy atom. The highest BCUT2D eigenvalue weighted by molar-refractivity contribution is 6.10. The molecule has 338 valence electrons. The molecule has 0 aromatic heterocycles. The number of carbonyl (C=O) groups is 3. The van der Waals surface area contributed by atoms with Crippen molar-refractivity contribution in [3.63, 3.8) is 0 Å². The first-order valence-electron chi connectivity index (χ1n) is 22.5. The number of nitrogens with zero attached hydrogens (tertiary/aromatic N) is 1. The molecule has 6 atom stereocenters. The van der Waals surface area contributed by atoms with Crippen molar-refractivity contribution in [3.05, 3.63) is 137 Å². The Balaban J connectivity index is 1.20. The van der Waals surface area contributed by atoms with Crippen LogP contribution in [0.3, 0.4) is 0 Å². The monoisotopic (exact) mass is 877 g/mol. The molecular weight excluding hydrogens is 820 g/mol. The number of amides is 1. The zero-order valence-electron chi connectivity index (χ0n) is 37.3. The molecule has 3 fully saturated rings. The number of benzene rings is 4. The van der Waals surface area contributed by atoms with Crippen LogP contribution in [0.4, 0.5) is 13.2 Å². The molecule has 8 nitrogen and oxygen atoms in total. The number of carbonyl (C=O) groups excluding carboxylic acids is 3. The molecule has 2 saturated carbocycles. The Bertz CT molecular complexity index is 2450. The topological polar surface area (TPSA) is 113 Å². The molecule has 1 saturated heterocycles. The van der Waals surface area contributed by atoms with Crippen molar-refractivity contribution in [2.24, 2.45) is 16.2 Å². The van der Waals surface area contributed by atoms with Gasteiger partial charge in [-0.05, 0) is 124 Å². The standard InChI is InChI=1S/C53H58F3NO7/c1-34-10-9-26-49(4)44(42-24-16-36(30-40(58)21-13-34)31-43(42)45(59)39-19-17-38(18-20-39)37-11-7-6-8-12-37)25-27-51(49,62)33-57(32-35-14-22-41(23-15-35)63-53(54,55)56)46(60)52-29-28-50(5,47(61)64-52)48(52,2)3/h6-8,10-12,14-20,22-24,31,40,44,58,62H,9,13,21,25-30,32-33H2,1-5H3/t40-,44-,49-,50-,51+,52+/m0/s1. The molecule has 4 bridgehead atoms. The lowest BCUT2D eigenvalue weighted by molar-refractivity contribution is -0.274. The smallest absolute Gasteiger partial charge is 0.448 e. The number of aliphatic hydroxyl groups excluding tert-OH is 1. The van der Waals surface area contributed by atoms with E-state index in [0.29, 0.717) is 61.6 Å². The van der Waals surface area contributed by atoms with Crippen LogP contribution in [0.25, 0.3) is 11.1 Å². The SMILES string of the molecule is CC1=CCC[C@@]2(C)[C@@H](CC[C@@]2(O)CN(Cc2ccc(OC(F)(F)F)cc2)C(=O)[C@@]23CC[C@@](C)(C(=O)O2)C3(C)C)c2ccc(cc2C(=O)c2ccc(-c3ccccc3)cc2)C[C@@H](O)CC1. The summed E-state index contributed by atoms with van der Waals surface area (Å²) in [5.41, 5.74) is 0.436. The first-order chi connectivity index (χ1) is 30.2. The van der Waals surface area contributed by atoms with E-state index in [2.05, 4.69) is 10.8 Å². The van der Waals surface area contributed by atoms with Gasteiger partial charge >= 0.3 is 12.3 Å². The molecule has 4 aliphatic carbocycles. The number of aliphatic hydroxyl groups is 2. The van der Waals surface area contributed by atoms with Gasteiger partial charge in [-0.15, -0.1) is 13.2 Å². The van der Waals surface area contributed by atoms with Crippen molar-refractivity contribution in [1.29, 1.82) is 0 Å². The molecule has 1 aliphatic heterocycles. The van der Waals surface area contributed by atoms with Crippen LogP contribution in [0.5, 0.6) is 5.75 Å². The molecule has 64 heavy (non-hydrogen) atoms. The molecular formula is C53H58F3NO7. The third-order valence-electron chi connectivity index (χ3n) is 15.9. The van der Waals surface area contributed by atoms with Crippen LogP contribution < -0.4 is 4.74 Å². The fourth-order valence-electron chi connectivity index (χ4n) is 11.3. The lowest BCUT2D eigenvalue weighted by Crippen LogP contribution is -2.60. The second-order valence-corrected chi connectivity index (χ2v) is 19.7. The van der Waals surface area contributed by atoms with Gasteiger partial charge in [0.05, 0.1) is 23.7 Å². The number of rotatable bonds is 9. The van der Waals surface area contributed by atoms with Gasteiger partial charge in [0.1, 0.15) is 5.75 Å². The summed E-state index contributed by atoms with van der Waals surface area (Å²) in [6.07, 6.45) is 0.805. The van der Waals surface area contributed by atoms with E-state index < -0.39 is 57.5 Å². The van der Waals surface area contributed by atoms with Gasteiger partial charge in [0.15, 0.2) is 11.4 Å². The van der Waals surface area contributed by atoms with Gasteiger partial charge in [0, 0.05) is 28.5 Å². The average molecular weight is 878 g/mol. The molecule has 0 unspecified atom stereocenters. The first kappa shape index (κ1) is 45.3. The fraction of sp³-hybridized carbons (Fsp3) is 0.453. The van der Waals surface area contributed by atoms with Gasteiger partial charge < -0.3 is 24.6 Å². The number of esters is 1. The number of allylic oxidation sites excluding steroid dienone is 2. The minimum atomic E-state index is -4.88. The lowest BCUT2D eigenvalue weighted by Gasteiger charge is -2.47. The molecule has 9 rings (SSSR count). The number of ketones is 1. The maximum absolute atomic E-state index is 15.3. The Hall–Kier alpha value is -5.26. The minimum Gasteiger partial charge on any atom is -0.448 e. The van der Waals surface area contributed by atoms with Crippen LogP contribution in [-0.2, 0) is 27.3 Å². The Morgan fingerprint density at radius 1 is 0.859 bits per heavy atom. The molecule has 11 heteroatoms. The van der Waals surface area contributed by atoms with Crippen molar-refractivity contribution in [2.75, 3.05) is 6.54 Å². The van der Waals surface area contributed by atoms with Crippen LogP contribution in [0.15, 0.2) is 109 Å². The molecule has 2 N–H and O–H groups in total. The first-order valence-corrected chi connectivity index (χ1v) is 22.5. The van der Waals surface area contributed by atoms with E-state index in [4.69, 9.17) is 4.74 Å². The molecule has 4 aromatic carbocycles. The predicted molar refractivity (Wildman–Crippen MR) is 237 cm³/mol. The highest BCUT2D eigenvalue weighted by atomic mass is 19.4. The number of hydrogen-bond donors (Lipinski definition) is 2. The predicted octanol–water partition coefficient (Wildman–Crippen LogP) is 10.7. The van der Waals surface area contributed by atoms with E-state index in [9.17, 15) is 33.0 Å². The van der Waals surface area contributed by atoms with E-state index in [1.54, 1.807) is 0 Å². The quantitative estimate of drug-likeness (QED) is 0.0978. The maximum Gasteiger partial charge on any atom is 0.573 e. The van der Waals surface area contributed by atoms with Gasteiger partial charge in [-0.25, -0.2) is 0 Å². The third-order valence-corrected chi connectivity index (χ3v) is 15.9. The summed E-state index contributed by atoms with van der Waals surface area (Å²) >= 11 is 0. The van der Waals surface area contributed by atoms with E-state index >= 15 is 4.79 Å². The van der Waals surface area contributed by atoms with E-state index in [1.807, 2.05) is 107 Å². The van der Waals surface area contributed by atoms with E-state index in [0.717, 1.165) is 27.8 Å². The molecule has 1 amide bonds. The second kappa shape index (κ2) is 16.6. The van der Waals surface area contributed by atoms with Gasteiger partial charge in [-0.3, -0.25) is 14.4 Å². The number of alkyl halides is 3. The van der Waals surface area contributed by atoms with Crippen molar-refractivity contribution >= 4 is 17.7 Å². The molecule has 5 aliphatic rings. The summed E-state index contributed by atoms with van der Waals surface area (Å²) in [5, 5.41) is 24.5. The Labute approximate surface area is 373 Å². The van der Waals surface area contributed by atoms with Gasteiger partial charge in [0.2, 0.25) is 0 Å². The van der Waals surface area contributed by atoms with Crippen LogP contribution in [0.2, 0.25) is 0 Å². The van der Waals surface area contributed by atoms with Crippen molar-refractivity contribution in [1.82, 2.24) is 4.90 Å². The van der Waals surface area contributed by atoms with Crippen LogP contribution in [-0.4, -0.2) is 63.0 Å². The molecule has 4 aromatic rings. The molecule has 1 heterocycles. The van der Waals surface area contributed by atoms with Gasteiger partial charge in [-0.1, -0.05) is 111 Å². The zero-order chi connectivity index (χ0) is 45.9.